The highest BCUT2D eigenvalue weighted by Gasteiger charge is 2.41. The van der Waals surface area contributed by atoms with Crippen LogP contribution >= 0.6 is 11.8 Å². The number of carboxylic acid groups (broad SMARTS) is 1. The number of carboxylic acids is 1. The predicted octanol–water partition coefficient (Wildman–Crippen LogP) is 5.74. The van der Waals surface area contributed by atoms with E-state index in [1.807, 2.05) is 59.1 Å². The van der Waals surface area contributed by atoms with E-state index in [9.17, 15) is 14.7 Å². The van der Waals surface area contributed by atoms with Crippen molar-refractivity contribution in [1.29, 1.82) is 0 Å². The van der Waals surface area contributed by atoms with E-state index in [4.69, 9.17) is 4.74 Å². The summed E-state index contributed by atoms with van der Waals surface area (Å²) >= 11 is 1.68. The van der Waals surface area contributed by atoms with Crippen LogP contribution in [-0.2, 0) is 9.53 Å². The zero-order valence-electron chi connectivity index (χ0n) is 18.5. The zero-order chi connectivity index (χ0) is 22.1. The van der Waals surface area contributed by atoms with E-state index < -0.39 is 11.4 Å². The molecule has 0 aromatic heterocycles. The van der Waals surface area contributed by atoms with Gasteiger partial charge in [0.15, 0.2) is 5.78 Å². The van der Waals surface area contributed by atoms with Crippen LogP contribution < -0.4 is 0 Å². The maximum absolute atomic E-state index is 12.9. The van der Waals surface area contributed by atoms with Gasteiger partial charge in [-0.3, -0.25) is 4.79 Å². The van der Waals surface area contributed by atoms with Crippen molar-refractivity contribution in [2.75, 3.05) is 13.4 Å². The average molecular weight is 415 g/mol. The Bertz CT molecular complexity index is 925. The van der Waals surface area contributed by atoms with Crippen LogP contribution in [0.5, 0.6) is 0 Å². The molecule has 0 fully saturated rings. The zero-order valence-corrected chi connectivity index (χ0v) is 19.3. The fourth-order valence-corrected chi connectivity index (χ4v) is 4.91. The van der Waals surface area contributed by atoms with Gasteiger partial charge in [0.2, 0.25) is 0 Å². The molecule has 0 bridgehead atoms. The minimum Gasteiger partial charge on any atom is -0.500 e. The molecule has 1 aliphatic carbocycles. The summed E-state index contributed by atoms with van der Waals surface area (Å²) in [6.07, 6.45) is 5.47. The summed E-state index contributed by atoms with van der Waals surface area (Å²) in [5.41, 5.74) is 4.01. The lowest BCUT2D eigenvalue weighted by Crippen LogP contribution is -2.33. The van der Waals surface area contributed by atoms with Crippen molar-refractivity contribution in [2.45, 2.75) is 46.4 Å². The maximum atomic E-state index is 12.9. The summed E-state index contributed by atoms with van der Waals surface area (Å²) in [5, 5.41) is 9.65. The van der Waals surface area contributed by atoms with Crippen LogP contribution in [0.3, 0.4) is 0 Å². The summed E-state index contributed by atoms with van der Waals surface area (Å²) in [6, 6.07) is 3.84. The van der Waals surface area contributed by atoms with Gasteiger partial charge in [0.25, 0.3) is 0 Å². The Kier molecular flexibility index (Phi) is 6.84. The van der Waals surface area contributed by atoms with Gasteiger partial charge in [-0.1, -0.05) is 25.5 Å². The Morgan fingerprint density at radius 2 is 1.69 bits per heavy atom. The van der Waals surface area contributed by atoms with E-state index in [2.05, 4.69) is 0 Å². The van der Waals surface area contributed by atoms with Gasteiger partial charge in [0.05, 0.1) is 12.7 Å². The molecule has 4 nitrogen and oxygen atoms in total. The first-order valence-electron chi connectivity index (χ1n) is 9.54. The molecule has 0 aliphatic heterocycles. The number of hydrogen-bond donors (Lipinski definition) is 1. The second kappa shape index (κ2) is 8.62. The average Bonchev–Trinajstić information content (AvgIpc) is 2.63. The number of allylic oxidation sites excluding steroid dienone is 3. The van der Waals surface area contributed by atoms with E-state index in [-0.39, 0.29) is 11.7 Å². The number of benzene rings is 1. The molecular weight excluding hydrogens is 384 g/mol. The summed E-state index contributed by atoms with van der Waals surface area (Å²) < 4.78 is 5.60. The molecule has 2 rings (SSSR count). The van der Waals surface area contributed by atoms with Crippen molar-refractivity contribution in [3.63, 3.8) is 0 Å². The molecular formula is C24H30O4S. The Morgan fingerprint density at radius 1 is 1.14 bits per heavy atom. The number of ketones is 1. The molecule has 0 spiro atoms. The summed E-state index contributed by atoms with van der Waals surface area (Å²) in [7, 11) is 1.55. The van der Waals surface area contributed by atoms with Crippen LogP contribution in [0, 0.1) is 25.2 Å². The third-order valence-corrected chi connectivity index (χ3v) is 7.02. The number of carbonyl (C=O) groups is 2. The molecule has 0 radical (unpaired) electrons. The normalized spacial score (nSPS) is 19.1. The molecule has 1 atom stereocenters. The first-order valence-corrected chi connectivity index (χ1v) is 10.8. The van der Waals surface area contributed by atoms with Gasteiger partial charge >= 0.3 is 5.97 Å². The smallest absolute Gasteiger partial charge is 0.336 e. The molecule has 1 aromatic carbocycles. The van der Waals surface area contributed by atoms with Gasteiger partial charge in [-0.05, 0) is 68.7 Å². The Labute approximate surface area is 177 Å². The molecule has 0 saturated heterocycles. The number of carbonyl (C=O) groups excluding carboxylic acids is 1. The fraction of sp³-hybridized carbons (Fsp3) is 0.417. The summed E-state index contributed by atoms with van der Waals surface area (Å²) in [4.78, 5) is 25.8. The van der Waals surface area contributed by atoms with Crippen molar-refractivity contribution in [3.8, 4) is 0 Å². The molecule has 29 heavy (non-hydrogen) atoms. The molecule has 156 valence electrons. The molecule has 0 heterocycles. The van der Waals surface area contributed by atoms with Crippen molar-refractivity contribution >= 4 is 23.5 Å². The standard InChI is InChI=1S/C24H30O4S/c1-13-11-17(12-14(2)22(13)29-8)19(25)10-9-18-21(28-7)15(3)20(23(26)27)16(4)24(18,5)6/h9-12,18H,1-8H3,(H,26,27). The predicted molar refractivity (Wildman–Crippen MR) is 118 cm³/mol. The number of aliphatic carboxylic acids is 1. The van der Waals surface area contributed by atoms with Crippen molar-refractivity contribution in [3.05, 3.63) is 63.5 Å². The van der Waals surface area contributed by atoms with Crippen LogP contribution in [-0.4, -0.2) is 30.2 Å². The van der Waals surface area contributed by atoms with E-state index in [0.29, 0.717) is 22.5 Å². The molecule has 5 heteroatoms. The lowest BCUT2D eigenvalue weighted by atomic mass is 9.66. The van der Waals surface area contributed by atoms with Crippen molar-refractivity contribution < 1.29 is 19.4 Å². The van der Waals surface area contributed by atoms with Crippen LogP contribution in [0.4, 0.5) is 0 Å². The number of rotatable bonds is 6. The number of thioether (sulfide) groups is 1. The van der Waals surface area contributed by atoms with Crippen LogP contribution in [0.25, 0.3) is 0 Å². The number of hydrogen-bond acceptors (Lipinski definition) is 4. The molecule has 1 unspecified atom stereocenters. The van der Waals surface area contributed by atoms with Gasteiger partial charge in [0, 0.05) is 21.9 Å². The highest BCUT2D eigenvalue weighted by Crippen LogP contribution is 2.48. The lowest BCUT2D eigenvalue weighted by Gasteiger charge is -2.40. The van der Waals surface area contributed by atoms with Crippen molar-refractivity contribution in [1.82, 2.24) is 0 Å². The van der Waals surface area contributed by atoms with Crippen LogP contribution in [0.1, 0.15) is 49.2 Å². The molecule has 0 amide bonds. The fourth-order valence-electron chi connectivity index (χ4n) is 4.14. The van der Waals surface area contributed by atoms with Gasteiger partial charge in [-0.25, -0.2) is 4.79 Å². The summed E-state index contributed by atoms with van der Waals surface area (Å²) in [6.45, 7) is 11.6. The number of aryl methyl sites for hydroxylation is 2. The highest BCUT2D eigenvalue weighted by atomic mass is 32.2. The first-order chi connectivity index (χ1) is 13.5. The molecule has 1 N–H and O–H groups in total. The monoisotopic (exact) mass is 414 g/mol. The Balaban J connectivity index is 2.46. The van der Waals surface area contributed by atoms with E-state index >= 15 is 0 Å². The highest BCUT2D eigenvalue weighted by molar-refractivity contribution is 7.98. The third-order valence-electron chi connectivity index (χ3n) is 5.97. The Morgan fingerprint density at radius 3 is 2.14 bits per heavy atom. The topological polar surface area (TPSA) is 63.6 Å². The molecule has 0 saturated carbocycles. The second-order valence-electron chi connectivity index (χ2n) is 8.06. The maximum Gasteiger partial charge on any atom is 0.336 e. The minimum absolute atomic E-state index is 0.0709. The van der Waals surface area contributed by atoms with Gasteiger partial charge in [-0.15, -0.1) is 11.8 Å². The first kappa shape index (κ1) is 23.0. The van der Waals surface area contributed by atoms with Gasteiger partial charge in [0.1, 0.15) is 5.76 Å². The Hall–Kier alpha value is -2.27. The molecule has 1 aliphatic rings. The minimum atomic E-state index is -0.957. The van der Waals surface area contributed by atoms with Crippen LogP contribution in [0.2, 0.25) is 0 Å². The summed E-state index contributed by atoms with van der Waals surface area (Å²) in [5.74, 6) is -0.668. The van der Waals surface area contributed by atoms with E-state index in [0.717, 1.165) is 16.7 Å². The van der Waals surface area contributed by atoms with E-state index in [1.165, 1.54) is 4.90 Å². The lowest BCUT2D eigenvalue weighted by molar-refractivity contribution is -0.132. The van der Waals surface area contributed by atoms with Crippen molar-refractivity contribution in [2.24, 2.45) is 11.3 Å². The van der Waals surface area contributed by atoms with E-state index in [1.54, 1.807) is 31.9 Å². The van der Waals surface area contributed by atoms with Gasteiger partial charge in [-0.2, -0.15) is 0 Å². The van der Waals surface area contributed by atoms with Gasteiger partial charge < -0.3 is 9.84 Å². The quantitative estimate of drug-likeness (QED) is 0.365. The van der Waals surface area contributed by atoms with Crippen LogP contribution in [0.15, 0.2) is 51.7 Å². The second-order valence-corrected chi connectivity index (χ2v) is 8.88. The molecule has 1 aromatic rings. The number of methoxy groups -OCH3 is 1. The third kappa shape index (κ3) is 4.20. The number of ether oxygens (including phenoxy) is 1. The largest absolute Gasteiger partial charge is 0.500 e. The SMILES string of the molecule is COC1=C(C)C(C(=O)O)=C(C)C(C)(C)C1C=CC(=O)c1cc(C)c(SC)c(C)c1.